The first-order chi connectivity index (χ1) is 17.8. The fourth-order valence-corrected chi connectivity index (χ4v) is 4.78. The van der Waals surface area contributed by atoms with Crippen LogP contribution in [0, 0.1) is 5.92 Å². The highest BCUT2D eigenvalue weighted by atomic mass is 16.7. The van der Waals surface area contributed by atoms with Crippen molar-refractivity contribution in [1.29, 1.82) is 0 Å². The van der Waals surface area contributed by atoms with Gasteiger partial charge in [-0.2, -0.15) is 0 Å². The lowest BCUT2D eigenvalue weighted by atomic mass is 9.84. The van der Waals surface area contributed by atoms with Gasteiger partial charge in [0.25, 0.3) is 0 Å². The van der Waals surface area contributed by atoms with Crippen molar-refractivity contribution in [3.63, 3.8) is 0 Å². The SMILES string of the molecule is CC(C)C(=O)NC[C@H]1O[C@H](O[C@H]2[C@H](O)[C@@H](OC3O[C@H](CO)[C@@H](O)[C@H](N)[C@H]3O)[C@H](N)C[C@@H]2N)[C@H](O)[C@@H](O)[C@@H]1O. The molecule has 0 spiro atoms. The molecule has 0 aromatic carbocycles. The molecule has 0 aromatic rings. The van der Waals surface area contributed by atoms with Gasteiger partial charge in [-0.15, -0.1) is 0 Å². The zero-order valence-corrected chi connectivity index (χ0v) is 21.3. The molecular formula is C22H42N4O12. The van der Waals surface area contributed by atoms with E-state index in [1.807, 2.05) is 0 Å². The normalized spacial score (nSPS) is 48.2. The first kappa shape index (κ1) is 31.4. The Morgan fingerprint density at radius 1 is 0.816 bits per heavy atom. The Hall–Kier alpha value is -1.09. The molecule has 0 bridgehead atoms. The third kappa shape index (κ3) is 6.61. The fraction of sp³-hybridized carbons (Fsp3) is 0.955. The largest absolute Gasteiger partial charge is 0.394 e. The fourth-order valence-electron chi connectivity index (χ4n) is 4.78. The van der Waals surface area contributed by atoms with E-state index in [0.717, 1.165) is 0 Å². The van der Waals surface area contributed by atoms with Crippen LogP contribution >= 0.6 is 0 Å². The number of carbonyl (C=O) groups is 1. The molecule has 222 valence electrons. The number of hydrogen-bond acceptors (Lipinski definition) is 15. The Morgan fingerprint density at radius 2 is 1.34 bits per heavy atom. The molecule has 2 saturated heterocycles. The molecule has 38 heavy (non-hydrogen) atoms. The Bertz CT molecular complexity index is 781. The molecule has 15 atom stereocenters. The number of nitrogens with two attached hydrogens (primary N) is 3. The van der Waals surface area contributed by atoms with Gasteiger partial charge in [-0.05, 0) is 6.42 Å². The maximum absolute atomic E-state index is 11.9. The van der Waals surface area contributed by atoms with Gasteiger partial charge in [-0.25, -0.2) is 0 Å². The maximum atomic E-state index is 11.9. The van der Waals surface area contributed by atoms with Crippen molar-refractivity contribution >= 4 is 5.91 Å². The highest BCUT2D eigenvalue weighted by Crippen LogP contribution is 2.31. The molecule has 16 heteroatoms. The molecule has 2 aliphatic heterocycles. The second kappa shape index (κ2) is 13.0. The van der Waals surface area contributed by atoms with Crippen LogP contribution in [0.2, 0.25) is 0 Å². The number of nitrogens with one attached hydrogen (secondary N) is 1. The zero-order chi connectivity index (χ0) is 28.5. The molecule has 3 rings (SSSR count). The number of amides is 1. The lowest BCUT2D eigenvalue weighted by molar-refractivity contribution is -0.332. The van der Waals surface area contributed by atoms with E-state index >= 15 is 0 Å². The minimum atomic E-state index is -1.73. The standard InChI is InChI=1S/C22H42N4O12/c1-6(2)20(34)26-4-9-13(29)15(31)16(32)22(35-9)38-19-8(24)3-7(23)18(17(19)33)37-21-14(30)11(25)12(28)10(5-27)36-21/h6-19,21-22,27-33H,3-5,23-25H2,1-2H3,(H,26,34)/t7-,8+,9-,10-,11+,12-,13-,14-,15+,16-,17-,18+,19-,21?,22-/m1/s1. The number of carbonyl (C=O) groups excluding carboxylic acids is 1. The average molecular weight is 555 g/mol. The molecule has 1 saturated carbocycles. The van der Waals surface area contributed by atoms with Crippen LogP contribution in [0.25, 0.3) is 0 Å². The minimum Gasteiger partial charge on any atom is -0.394 e. The third-order valence-electron chi connectivity index (χ3n) is 7.25. The number of hydrogen-bond donors (Lipinski definition) is 11. The summed E-state index contributed by atoms with van der Waals surface area (Å²) in [5.41, 5.74) is 18.1. The topological polar surface area (TPSA) is 286 Å². The van der Waals surface area contributed by atoms with Crippen LogP contribution in [-0.4, -0.2) is 147 Å². The van der Waals surface area contributed by atoms with Gasteiger partial charge in [0.2, 0.25) is 5.91 Å². The average Bonchev–Trinajstić information content (AvgIpc) is 2.87. The lowest BCUT2D eigenvalue weighted by Crippen LogP contribution is -2.68. The highest BCUT2D eigenvalue weighted by Gasteiger charge is 2.51. The molecule has 1 unspecified atom stereocenters. The van der Waals surface area contributed by atoms with Gasteiger partial charge in [0.05, 0.1) is 12.6 Å². The minimum absolute atomic E-state index is 0.0508. The second-order valence-electron chi connectivity index (χ2n) is 10.5. The Labute approximate surface area is 219 Å². The number of aliphatic hydroxyl groups is 7. The van der Waals surface area contributed by atoms with Crippen LogP contribution in [-0.2, 0) is 23.7 Å². The van der Waals surface area contributed by atoms with E-state index in [1.54, 1.807) is 13.8 Å². The van der Waals surface area contributed by atoms with Crippen molar-refractivity contribution in [2.45, 2.75) is 112 Å². The summed E-state index contributed by atoms with van der Waals surface area (Å²) in [6.45, 7) is 2.54. The van der Waals surface area contributed by atoms with Crippen molar-refractivity contribution in [2.24, 2.45) is 23.1 Å². The van der Waals surface area contributed by atoms with Gasteiger partial charge in [0, 0.05) is 24.5 Å². The summed E-state index contributed by atoms with van der Waals surface area (Å²) in [5, 5.41) is 74.7. The van der Waals surface area contributed by atoms with E-state index in [0.29, 0.717) is 0 Å². The van der Waals surface area contributed by atoms with Crippen LogP contribution in [0.4, 0.5) is 0 Å². The molecule has 3 aliphatic rings. The summed E-state index contributed by atoms with van der Waals surface area (Å²) >= 11 is 0. The zero-order valence-electron chi connectivity index (χ0n) is 21.3. The molecule has 14 N–H and O–H groups in total. The van der Waals surface area contributed by atoms with Crippen molar-refractivity contribution in [3.05, 3.63) is 0 Å². The summed E-state index contributed by atoms with van der Waals surface area (Å²) in [4.78, 5) is 11.9. The van der Waals surface area contributed by atoms with Crippen LogP contribution in [0.15, 0.2) is 0 Å². The second-order valence-corrected chi connectivity index (χ2v) is 10.5. The van der Waals surface area contributed by atoms with Crippen molar-refractivity contribution in [1.82, 2.24) is 5.32 Å². The molecular weight excluding hydrogens is 512 g/mol. The Morgan fingerprint density at radius 3 is 1.87 bits per heavy atom. The van der Waals surface area contributed by atoms with E-state index in [4.69, 9.17) is 36.1 Å². The van der Waals surface area contributed by atoms with E-state index in [9.17, 15) is 40.5 Å². The molecule has 0 aromatic heterocycles. The van der Waals surface area contributed by atoms with E-state index in [1.165, 1.54) is 0 Å². The van der Waals surface area contributed by atoms with Crippen molar-refractivity contribution in [3.8, 4) is 0 Å². The van der Waals surface area contributed by atoms with Gasteiger partial charge in [0.15, 0.2) is 12.6 Å². The maximum Gasteiger partial charge on any atom is 0.222 e. The van der Waals surface area contributed by atoms with Gasteiger partial charge in [-0.3, -0.25) is 4.79 Å². The molecule has 16 nitrogen and oxygen atoms in total. The van der Waals surface area contributed by atoms with Crippen LogP contribution in [0.5, 0.6) is 0 Å². The van der Waals surface area contributed by atoms with Gasteiger partial charge in [0.1, 0.15) is 61.0 Å². The molecule has 0 radical (unpaired) electrons. The van der Waals surface area contributed by atoms with E-state index in [-0.39, 0.29) is 24.8 Å². The van der Waals surface area contributed by atoms with Crippen LogP contribution in [0.1, 0.15) is 20.3 Å². The number of rotatable bonds is 8. The molecule has 3 fully saturated rings. The van der Waals surface area contributed by atoms with Gasteiger partial charge >= 0.3 is 0 Å². The van der Waals surface area contributed by atoms with Crippen molar-refractivity contribution in [2.75, 3.05) is 13.2 Å². The van der Waals surface area contributed by atoms with Crippen LogP contribution < -0.4 is 22.5 Å². The molecule has 2 heterocycles. The summed E-state index contributed by atoms with van der Waals surface area (Å²) in [6.07, 6.45) is -17.2. The van der Waals surface area contributed by atoms with Gasteiger partial charge in [-0.1, -0.05) is 13.8 Å². The van der Waals surface area contributed by atoms with E-state index in [2.05, 4.69) is 5.32 Å². The number of ether oxygens (including phenoxy) is 4. The predicted octanol–water partition coefficient (Wildman–Crippen LogP) is -6.48. The lowest BCUT2D eigenvalue weighted by Gasteiger charge is -2.48. The summed E-state index contributed by atoms with van der Waals surface area (Å²) in [5.74, 6) is -0.660. The number of aliphatic hydroxyl groups excluding tert-OH is 7. The predicted molar refractivity (Wildman–Crippen MR) is 127 cm³/mol. The Kier molecular flexibility index (Phi) is 10.8. The van der Waals surface area contributed by atoms with Crippen molar-refractivity contribution < 1.29 is 59.5 Å². The van der Waals surface area contributed by atoms with Gasteiger partial charge < -0.3 is 77.2 Å². The van der Waals surface area contributed by atoms with Crippen LogP contribution in [0.3, 0.4) is 0 Å². The summed E-state index contributed by atoms with van der Waals surface area (Å²) in [7, 11) is 0. The smallest absolute Gasteiger partial charge is 0.222 e. The monoisotopic (exact) mass is 554 g/mol. The first-order valence-electron chi connectivity index (χ1n) is 12.6. The quantitative estimate of drug-likeness (QED) is 0.133. The molecule has 1 amide bonds. The third-order valence-corrected chi connectivity index (χ3v) is 7.25. The summed E-state index contributed by atoms with van der Waals surface area (Å²) in [6, 6.07) is -2.97. The van der Waals surface area contributed by atoms with E-state index < -0.39 is 98.4 Å². The highest BCUT2D eigenvalue weighted by molar-refractivity contribution is 5.77. The molecule has 1 aliphatic carbocycles. The Balaban J connectivity index is 1.71. The first-order valence-corrected chi connectivity index (χ1v) is 12.6. The summed E-state index contributed by atoms with van der Waals surface area (Å²) < 4.78 is 22.5.